The standard InChI is InChI=1S/C19H23NO/c1-3-20(4-2)19(21)18-13-11-17(12-14-18)15-16-9-7-5-6-8-10-16/h5-9,11-14H,3-4,10,15H2,1-2H3. The van der Waals surface area contributed by atoms with Gasteiger partial charge in [0.05, 0.1) is 0 Å². The monoisotopic (exact) mass is 281 g/mol. The lowest BCUT2D eigenvalue weighted by Gasteiger charge is -2.18. The molecule has 0 radical (unpaired) electrons. The lowest BCUT2D eigenvalue weighted by molar-refractivity contribution is 0.0773. The molecule has 2 nitrogen and oxygen atoms in total. The Morgan fingerprint density at radius 1 is 1.05 bits per heavy atom. The van der Waals surface area contributed by atoms with Crippen LogP contribution in [0.4, 0.5) is 0 Å². The van der Waals surface area contributed by atoms with Gasteiger partial charge in [-0.3, -0.25) is 4.79 Å². The molecule has 2 heteroatoms. The van der Waals surface area contributed by atoms with Crippen LogP contribution in [0, 0.1) is 0 Å². The Morgan fingerprint density at radius 2 is 1.76 bits per heavy atom. The molecule has 1 amide bonds. The molecule has 110 valence electrons. The minimum absolute atomic E-state index is 0.117. The number of nitrogens with zero attached hydrogens (tertiary/aromatic N) is 1. The number of hydrogen-bond donors (Lipinski definition) is 0. The molecule has 1 aliphatic carbocycles. The lowest BCUT2D eigenvalue weighted by Crippen LogP contribution is -2.30. The van der Waals surface area contributed by atoms with Crippen LogP contribution in [0.2, 0.25) is 0 Å². The molecule has 0 unspecified atom stereocenters. The van der Waals surface area contributed by atoms with E-state index < -0.39 is 0 Å². The van der Waals surface area contributed by atoms with Gasteiger partial charge in [0.15, 0.2) is 0 Å². The highest BCUT2D eigenvalue weighted by atomic mass is 16.2. The third-order valence-corrected chi connectivity index (χ3v) is 3.75. The van der Waals surface area contributed by atoms with Crippen LogP contribution < -0.4 is 0 Å². The second kappa shape index (κ2) is 7.63. The van der Waals surface area contributed by atoms with E-state index in [-0.39, 0.29) is 5.91 Å². The van der Waals surface area contributed by atoms with Gasteiger partial charge in [-0.15, -0.1) is 0 Å². The molecule has 0 fully saturated rings. The highest BCUT2D eigenvalue weighted by molar-refractivity contribution is 5.94. The number of rotatable bonds is 5. The fourth-order valence-corrected chi connectivity index (χ4v) is 2.47. The molecule has 0 N–H and O–H groups in total. The predicted octanol–water partition coefficient (Wildman–Crippen LogP) is 4.15. The molecule has 0 saturated heterocycles. The first kappa shape index (κ1) is 15.3. The minimum Gasteiger partial charge on any atom is -0.339 e. The summed E-state index contributed by atoms with van der Waals surface area (Å²) in [7, 11) is 0. The van der Waals surface area contributed by atoms with E-state index >= 15 is 0 Å². The molecule has 0 bridgehead atoms. The molecule has 1 aromatic rings. The molecule has 0 heterocycles. The number of hydrogen-bond acceptors (Lipinski definition) is 1. The maximum absolute atomic E-state index is 12.2. The molecule has 0 aromatic heterocycles. The van der Waals surface area contributed by atoms with Crippen LogP contribution in [-0.4, -0.2) is 23.9 Å². The van der Waals surface area contributed by atoms with Gasteiger partial charge in [-0.05, 0) is 44.4 Å². The second-order valence-corrected chi connectivity index (χ2v) is 5.19. The van der Waals surface area contributed by atoms with Gasteiger partial charge in [0, 0.05) is 18.7 Å². The second-order valence-electron chi connectivity index (χ2n) is 5.19. The summed E-state index contributed by atoms with van der Waals surface area (Å²) < 4.78 is 0. The van der Waals surface area contributed by atoms with Gasteiger partial charge in [-0.25, -0.2) is 0 Å². The van der Waals surface area contributed by atoms with Gasteiger partial charge in [0.1, 0.15) is 0 Å². The van der Waals surface area contributed by atoms with Crippen LogP contribution in [0.15, 0.2) is 60.2 Å². The molecule has 2 rings (SSSR count). The summed E-state index contributed by atoms with van der Waals surface area (Å²) in [5.41, 5.74) is 3.42. The summed E-state index contributed by atoms with van der Waals surface area (Å²) >= 11 is 0. The Labute approximate surface area is 127 Å². The molecule has 21 heavy (non-hydrogen) atoms. The van der Waals surface area contributed by atoms with Crippen LogP contribution in [-0.2, 0) is 6.42 Å². The van der Waals surface area contributed by atoms with Crippen molar-refractivity contribution in [1.82, 2.24) is 4.90 Å². The van der Waals surface area contributed by atoms with Gasteiger partial charge in [0.25, 0.3) is 5.91 Å². The van der Waals surface area contributed by atoms with E-state index in [1.54, 1.807) is 0 Å². The minimum atomic E-state index is 0.117. The van der Waals surface area contributed by atoms with Crippen molar-refractivity contribution in [3.8, 4) is 0 Å². The molecule has 1 aliphatic rings. The SMILES string of the molecule is CCN(CC)C(=O)c1ccc(CC2=CC=CC=CC2)cc1. The van der Waals surface area contributed by atoms with Crippen molar-refractivity contribution in [3.05, 3.63) is 71.3 Å². The molecule has 0 saturated carbocycles. The van der Waals surface area contributed by atoms with Gasteiger partial charge >= 0.3 is 0 Å². The molecular formula is C19H23NO. The first-order valence-electron chi connectivity index (χ1n) is 7.64. The van der Waals surface area contributed by atoms with E-state index in [1.807, 2.05) is 30.9 Å². The zero-order valence-electron chi connectivity index (χ0n) is 12.9. The summed E-state index contributed by atoms with van der Waals surface area (Å²) in [5, 5.41) is 0. The molecular weight excluding hydrogens is 258 g/mol. The fourth-order valence-electron chi connectivity index (χ4n) is 2.47. The van der Waals surface area contributed by atoms with Gasteiger partial charge in [-0.1, -0.05) is 48.1 Å². The topological polar surface area (TPSA) is 20.3 Å². The number of benzene rings is 1. The zero-order valence-corrected chi connectivity index (χ0v) is 12.9. The number of amides is 1. The lowest BCUT2D eigenvalue weighted by atomic mass is 10.0. The molecule has 0 aliphatic heterocycles. The summed E-state index contributed by atoms with van der Waals surface area (Å²) in [6, 6.07) is 8.02. The third-order valence-electron chi connectivity index (χ3n) is 3.75. The van der Waals surface area contributed by atoms with Gasteiger partial charge in [0.2, 0.25) is 0 Å². The van der Waals surface area contributed by atoms with Crippen molar-refractivity contribution in [1.29, 1.82) is 0 Å². The van der Waals surface area contributed by atoms with Crippen LogP contribution in [0.3, 0.4) is 0 Å². The van der Waals surface area contributed by atoms with Crippen LogP contribution in [0.5, 0.6) is 0 Å². The average molecular weight is 281 g/mol. The van der Waals surface area contributed by atoms with Gasteiger partial charge < -0.3 is 4.90 Å². The van der Waals surface area contributed by atoms with E-state index in [4.69, 9.17) is 0 Å². The van der Waals surface area contributed by atoms with Crippen molar-refractivity contribution in [3.63, 3.8) is 0 Å². The van der Waals surface area contributed by atoms with Crippen molar-refractivity contribution in [2.45, 2.75) is 26.7 Å². The Bertz CT molecular complexity index is 560. The maximum atomic E-state index is 12.2. The van der Waals surface area contributed by atoms with Crippen molar-refractivity contribution in [2.24, 2.45) is 0 Å². The Hall–Kier alpha value is -2.09. The Morgan fingerprint density at radius 3 is 2.43 bits per heavy atom. The largest absolute Gasteiger partial charge is 0.339 e. The van der Waals surface area contributed by atoms with Crippen molar-refractivity contribution < 1.29 is 4.79 Å². The molecule has 1 aromatic carbocycles. The van der Waals surface area contributed by atoms with E-state index in [1.165, 1.54) is 11.1 Å². The number of carbonyl (C=O) groups excluding carboxylic acids is 1. The fraction of sp³-hybridized carbons (Fsp3) is 0.316. The van der Waals surface area contributed by atoms with Gasteiger partial charge in [-0.2, -0.15) is 0 Å². The molecule has 0 spiro atoms. The summed E-state index contributed by atoms with van der Waals surface area (Å²) in [6.45, 7) is 5.52. The van der Waals surface area contributed by atoms with E-state index in [2.05, 4.69) is 42.5 Å². The van der Waals surface area contributed by atoms with E-state index in [0.717, 1.165) is 31.5 Å². The summed E-state index contributed by atoms with van der Waals surface area (Å²) in [5.74, 6) is 0.117. The van der Waals surface area contributed by atoms with Crippen molar-refractivity contribution >= 4 is 5.91 Å². The smallest absolute Gasteiger partial charge is 0.253 e. The van der Waals surface area contributed by atoms with E-state index in [0.29, 0.717) is 0 Å². The average Bonchev–Trinajstić information content (AvgIpc) is 2.78. The van der Waals surface area contributed by atoms with Crippen molar-refractivity contribution in [2.75, 3.05) is 13.1 Å². The summed E-state index contributed by atoms with van der Waals surface area (Å²) in [4.78, 5) is 14.1. The normalized spacial score (nSPS) is 13.7. The quantitative estimate of drug-likeness (QED) is 0.794. The third kappa shape index (κ3) is 4.19. The highest BCUT2D eigenvalue weighted by Crippen LogP contribution is 2.16. The van der Waals surface area contributed by atoms with E-state index in [9.17, 15) is 4.79 Å². The predicted molar refractivity (Wildman–Crippen MR) is 88.4 cm³/mol. The first-order valence-corrected chi connectivity index (χ1v) is 7.64. The number of allylic oxidation sites excluding steroid dienone is 6. The first-order chi connectivity index (χ1) is 10.2. The van der Waals surface area contributed by atoms with Crippen LogP contribution >= 0.6 is 0 Å². The highest BCUT2D eigenvalue weighted by Gasteiger charge is 2.11. The Balaban J connectivity index is 2.05. The molecule has 0 atom stereocenters. The Kier molecular flexibility index (Phi) is 5.56. The van der Waals surface area contributed by atoms with Crippen LogP contribution in [0.1, 0.15) is 36.2 Å². The number of carbonyl (C=O) groups is 1. The zero-order chi connectivity index (χ0) is 15.1. The summed E-state index contributed by atoms with van der Waals surface area (Å²) in [6.07, 6.45) is 12.5. The maximum Gasteiger partial charge on any atom is 0.253 e. The van der Waals surface area contributed by atoms with Crippen LogP contribution in [0.25, 0.3) is 0 Å².